The molecule has 4 nitrogen and oxygen atoms in total. The zero-order valence-corrected chi connectivity index (χ0v) is 10.1. The number of pyridine rings is 1. The molecule has 88 valence electrons. The summed E-state index contributed by atoms with van der Waals surface area (Å²) >= 11 is 5.92. The average Bonchev–Trinajstić information content (AvgIpc) is 2.34. The molecule has 0 fully saturated rings. The number of nitrogens with zero attached hydrogens (tertiary/aromatic N) is 1. The molecule has 2 rings (SSSR count). The van der Waals surface area contributed by atoms with Crippen LogP contribution in [0.4, 0.5) is 11.6 Å². The number of rotatable bonds is 2. The van der Waals surface area contributed by atoms with Gasteiger partial charge < -0.3 is 11.1 Å². The van der Waals surface area contributed by atoms with Crippen molar-refractivity contribution in [1.82, 2.24) is 4.98 Å². The summed E-state index contributed by atoms with van der Waals surface area (Å²) in [5.74, 6) is 0.149. The first-order valence-electron chi connectivity index (χ1n) is 5.16. The molecule has 1 aromatic carbocycles. The lowest BCUT2D eigenvalue weighted by molar-refractivity contribution is 0.102. The van der Waals surface area contributed by atoms with Gasteiger partial charge in [0.2, 0.25) is 0 Å². The van der Waals surface area contributed by atoms with E-state index in [1.807, 2.05) is 0 Å². The van der Waals surface area contributed by atoms with Gasteiger partial charge in [-0.1, -0.05) is 35.3 Å². The van der Waals surface area contributed by atoms with Crippen LogP contribution in [0.3, 0.4) is 0 Å². The lowest BCUT2D eigenvalue weighted by Gasteiger charge is -2.07. The first kappa shape index (κ1) is 12.5. The maximum Gasteiger partial charge on any atom is 0.258 e. The Morgan fingerprint density at radius 1 is 1.28 bits per heavy atom. The van der Waals surface area contributed by atoms with E-state index in [2.05, 4.69) is 10.3 Å². The van der Waals surface area contributed by atoms with E-state index < -0.39 is 0 Å². The van der Waals surface area contributed by atoms with Gasteiger partial charge in [-0.25, -0.2) is 4.98 Å². The van der Waals surface area contributed by atoms with Crippen molar-refractivity contribution >= 4 is 42.5 Å². The summed E-state index contributed by atoms with van der Waals surface area (Å²) in [5, 5.41) is 2.97. The van der Waals surface area contributed by atoms with Crippen molar-refractivity contribution in [2.24, 2.45) is 0 Å². The van der Waals surface area contributed by atoms with Gasteiger partial charge >= 0.3 is 0 Å². The van der Waals surface area contributed by atoms with Crippen LogP contribution in [0.2, 0.25) is 5.02 Å². The summed E-state index contributed by atoms with van der Waals surface area (Å²) in [6.45, 7) is 0. The number of nitrogens with one attached hydrogen (secondary N) is 1. The van der Waals surface area contributed by atoms with Gasteiger partial charge in [-0.2, -0.15) is 0 Å². The second kappa shape index (κ2) is 5.10. The van der Waals surface area contributed by atoms with Crippen LogP contribution in [0, 0.1) is 0 Å². The summed E-state index contributed by atoms with van der Waals surface area (Å²) in [5.41, 5.74) is 6.29. The monoisotopic (exact) mass is 257 g/mol. The molecular weight excluding hydrogens is 248 g/mol. The second-order valence-electron chi connectivity index (χ2n) is 3.60. The Hall–Kier alpha value is -2.01. The van der Waals surface area contributed by atoms with E-state index in [4.69, 9.17) is 25.2 Å². The molecule has 0 atom stereocenters. The molecule has 1 heterocycles. The molecule has 1 amide bonds. The van der Waals surface area contributed by atoms with Crippen molar-refractivity contribution in [3.8, 4) is 0 Å². The third-order valence-electron chi connectivity index (χ3n) is 2.32. The predicted octanol–water partition coefficient (Wildman–Crippen LogP) is 1.36. The van der Waals surface area contributed by atoms with Crippen LogP contribution in [0.25, 0.3) is 0 Å². The highest BCUT2D eigenvalue weighted by atomic mass is 35.5. The molecule has 0 aliphatic heterocycles. The largest absolute Gasteiger partial charge is 0.384 e. The number of hydrogen-bond acceptors (Lipinski definition) is 3. The molecule has 3 N–H and O–H groups in total. The number of aromatic nitrogens is 1. The molecule has 18 heavy (non-hydrogen) atoms. The number of halogens is 1. The highest BCUT2D eigenvalue weighted by Gasteiger charge is 2.10. The van der Waals surface area contributed by atoms with E-state index in [-0.39, 0.29) is 11.7 Å². The van der Waals surface area contributed by atoms with Gasteiger partial charge in [0.05, 0.1) is 10.6 Å². The minimum atomic E-state index is -0.350. The summed E-state index contributed by atoms with van der Waals surface area (Å²) in [6.07, 6.45) is 0. The van der Waals surface area contributed by atoms with Crippen LogP contribution >= 0.6 is 11.6 Å². The Kier molecular flexibility index (Phi) is 3.53. The molecule has 0 unspecified atom stereocenters. The number of benzene rings is 1. The molecule has 0 saturated carbocycles. The van der Waals surface area contributed by atoms with Crippen LogP contribution in [0.5, 0.6) is 0 Å². The van der Waals surface area contributed by atoms with E-state index in [1.165, 1.54) is 0 Å². The summed E-state index contributed by atoms with van der Waals surface area (Å²) in [7, 11) is 5.53. The average molecular weight is 257 g/mol. The fourth-order valence-corrected chi connectivity index (χ4v) is 1.61. The second-order valence-corrected chi connectivity index (χ2v) is 4.01. The van der Waals surface area contributed by atoms with E-state index in [9.17, 15) is 4.79 Å². The third-order valence-corrected chi connectivity index (χ3v) is 2.65. The Bertz CT molecular complexity index is 604. The van der Waals surface area contributed by atoms with Gasteiger partial charge in [-0.05, 0) is 18.2 Å². The Labute approximate surface area is 111 Å². The molecule has 1 aromatic heterocycles. The third kappa shape index (κ3) is 2.63. The maximum atomic E-state index is 11.9. The molecule has 2 radical (unpaired) electrons. The van der Waals surface area contributed by atoms with Crippen LogP contribution in [0.15, 0.2) is 36.4 Å². The molecule has 6 heteroatoms. The van der Waals surface area contributed by atoms with Gasteiger partial charge in [0, 0.05) is 0 Å². The zero-order valence-electron chi connectivity index (χ0n) is 9.35. The molecular formula is C12H9BClN3O. The number of nitrogens with two attached hydrogens (primary N) is 1. The van der Waals surface area contributed by atoms with Crippen molar-refractivity contribution in [1.29, 1.82) is 0 Å². The summed E-state index contributed by atoms with van der Waals surface area (Å²) in [4.78, 5) is 15.9. The van der Waals surface area contributed by atoms with Crippen LogP contribution in [-0.2, 0) is 0 Å². The normalized spacial score (nSPS) is 10.1. The molecule has 0 aliphatic rings. The first-order valence-corrected chi connectivity index (χ1v) is 5.53. The van der Waals surface area contributed by atoms with E-state index in [1.54, 1.807) is 36.4 Å². The Balaban J connectivity index is 2.22. The van der Waals surface area contributed by atoms with Crippen molar-refractivity contribution in [2.45, 2.75) is 0 Å². The number of hydrogen-bond donors (Lipinski definition) is 2. The molecule has 0 saturated heterocycles. The number of carbonyl (C=O) groups is 1. The van der Waals surface area contributed by atoms with Crippen molar-refractivity contribution in [2.75, 3.05) is 11.1 Å². The molecule has 0 aliphatic carbocycles. The highest BCUT2D eigenvalue weighted by molar-refractivity contribution is 6.35. The molecule has 0 bridgehead atoms. The smallest absolute Gasteiger partial charge is 0.258 e. The fraction of sp³-hybridized carbons (Fsp3) is 0. The van der Waals surface area contributed by atoms with Crippen LogP contribution < -0.4 is 16.5 Å². The van der Waals surface area contributed by atoms with Crippen molar-refractivity contribution < 1.29 is 4.79 Å². The van der Waals surface area contributed by atoms with E-state index >= 15 is 0 Å². The van der Waals surface area contributed by atoms with Gasteiger partial charge in [-0.15, -0.1) is 0 Å². The number of amides is 1. The molecule has 0 spiro atoms. The SMILES string of the molecule is [B]c1ccc(NC(=O)c2ccccc2Cl)nc1N. The van der Waals surface area contributed by atoms with Crippen molar-refractivity contribution in [3.63, 3.8) is 0 Å². The number of nitrogen functional groups attached to an aromatic ring is 1. The van der Waals surface area contributed by atoms with Gasteiger partial charge in [0.1, 0.15) is 19.5 Å². The first-order chi connectivity index (χ1) is 8.58. The van der Waals surface area contributed by atoms with Crippen LogP contribution in [0.1, 0.15) is 10.4 Å². The summed E-state index contributed by atoms with van der Waals surface area (Å²) in [6, 6.07) is 9.88. The molecule has 2 aromatic rings. The zero-order chi connectivity index (χ0) is 13.1. The topological polar surface area (TPSA) is 68.0 Å². The number of anilines is 2. The minimum Gasteiger partial charge on any atom is -0.384 e. The maximum absolute atomic E-state index is 11.9. The lowest BCUT2D eigenvalue weighted by Crippen LogP contribution is -2.17. The van der Waals surface area contributed by atoms with Crippen LogP contribution in [-0.4, -0.2) is 18.7 Å². The van der Waals surface area contributed by atoms with Gasteiger partial charge in [0.15, 0.2) is 0 Å². The minimum absolute atomic E-state index is 0.173. The van der Waals surface area contributed by atoms with Crippen molar-refractivity contribution in [3.05, 3.63) is 47.0 Å². The standard InChI is InChI=1S/C12H9BClN3O/c13-8-5-6-10(16-11(8)15)17-12(18)7-3-1-2-4-9(7)14/h1-6H,(H3,15,16,17,18). The Morgan fingerprint density at radius 3 is 2.67 bits per heavy atom. The van der Waals surface area contributed by atoms with Gasteiger partial charge in [0.25, 0.3) is 5.91 Å². The quantitative estimate of drug-likeness (QED) is 0.798. The van der Waals surface area contributed by atoms with Gasteiger partial charge in [-0.3, -0.25) is 4.79 Å². The predicted molar refractivity (Wildman–Crippen MR) is 73.4 cm³/mol. The lowest BCUT2D eigenvalue weighted by atomic mass is 9.97. The van der Waals surface area contributed by atoms with E-state index in [0.29, 0.717) is 21.9 Å². The highest BCUT2D eigenvalue weighted by Crippen LogP contribution is 2.16. The number of carbonyl (C=O) groups excluding carboxylic acids is 1. The summed E-state index contributed by atoms with van der Waals surface area (Å²) < 4.78 is 0. The van der Waals surface area contributed by atoms with E-state index in [0.717, 1.165) is 0 Å². The Morgan fingerprint density at radius 2 is 2.00 bits per heavy atom. The fourth-order valence-electron chi connectivity index (χ4n) is 1.38.